The fourth-order valence-electron chi connectivity index (χ4n) is 0.235. The molecule has 0 saturated heterocycles. The average Bonchev–Trinajstić information content (AvgIpc) is 1.65. The molecule has 0 spiro atoms. The molecule has 0 aliphatic heterocycles. The lowest BCUT2D eigenvalue weighted by Gasteiger charge is -2.13. The molecule has 0 amide bonds. The highest BCUT2D eigenvalue weighted by molar-refractivity contribution is 9.09. The lowest BCUT2D eigenvalue weighted by atomic mass is 10.3. The number of alkyl halides is 5. The van der Waals surface area contributed by atoms with Gasteiger partial charge in [0.25, 0.3) is 6.43 Å². The third-order valence-corrected chi connectivity index (χ3v) is 1.50. The maximum Gasteiger partial charge on any atom is 0.285 e. The largest absolute Gasteiger partial charge is 0.285 e. The van der Waals surface area contributed by atoms with Crippen LogP contribution in [-0.4, -0.2) is 16.9 Å². The van der Waals surface area contributed by atoms with Gasteiger partial charge in [0.1, 0.15) is 0 Å². The van der Waals surface area contributed by atoms with Crippen molar-refractivity contribution in [2.24, 2.45) is 0 Å². The van der Waals surface area contributed by atoms with Crippen LogP contribution in [0.3, 0.4) is 0 Å². The van der Waals surface area contributed by atoms with E-state index in [9.17, 15) is 13.2 Å². The minimum atomic E-state index is -3.11. The summed E-state index contributed by atoms with van der Waals surface area (Å²) in [5.41, 5.74) is 0. The highest BCUT2D eigenvalue weighted by Crippen LogP contribution is 2.29. The summed E-state index contributed by atoms with van der Waals surface area (Å²) in [4.78, 5) is 0. The Bertz CT molecular complexity index is 85.9. The SMILES string of the molecule is FC(F)C(F)(Cl)CCBr. The molecule has 0 radical (unpaired) electrons. The highest BCUT2D eigenvalue weighted by Gasteiger charge is 2.36. The molecular weight excluding hydrogens is 220 g/mol. The van der Waals surface area contributed by atoms with Crippen molar-refractivity contribution in [2.45, 2.75) is 18.0 Å². The van der Waals surface area contributed by atoms with E-state index in [2.05, 4.69) is 15.9 Å². The first-order valence-electron chi connectivity index (χ1n) is 2.22. The summed E-state index contributed by atoms with van der Waals surface area (Å²) in [7, 11) is 0. The Balaban J connectivity index is 3.70. The van der Waals surface area contributed by atoms with Gasteiger partial charge in [-0.25, -0.2) is 13.2 Å². The molecule has 0 aromatic carbocycles. The zero-order chi connectivity index (χ0) is 7.49. The molecule has 1 atom stereocenters. The molecule has 5 heteroatoms. The lowest BCUT2D eigenvalue weighted by Crippen LogP contribution is -2.25. The Morgan fingerprint density at radius 2 is 2.00 bits per heavy atom. The van der Waals surface area contributed by atoms with E-state index >= 15 is 0 Å². The van der Waals surface area contributed by atoms with Gasteiger partial charge < -0.3 is 0 Å². The molecule has 0 bridgehead atoms. The monoisotopic (exact) mass is 224 g/mol. The Hall–Kier alpha value is 0.560. The first kappa shape index (κ1) is 9.56. The van der Waals surface area contributed by atoms with Crippen LogP contribution in [0.15, 0.2) is 0 Å². The number of halogens is 5. The molecule has 0 fully saturated rings. The van der Waals surface area contributed by atoms with Crippen molar-refractivity contribution >= 4 is 27.5 Å². The predicted molar refractivity (Wildman–Crippen MR) is 34.1 cm³/mol. The van der Waals surface area contributed by atoms with Gasteiger partial charge in [-0.05, 0) is 0 Å². The molecule has 0 aromatic rings. The Kier molecular flexibility index (Phi) is 3.89. The molecule has 0 aliphatic rings. The topological polar surface area (TPSA) is 0 Å². The van der Waals surface area contributed by atoms with Gasteiger partial charge in [0.2, 0.25) is 5.13 Å². The zero-order valence-corrected chi connectivity index (χ0v) is 6.72. The lowest BCUT2D eigenvalue weighted by molar-refractivity contribution is 0.0207. The standard InChI is InChI=1S/C4H5BrClF3/c5-2-1-4(6,9)3(7)8/h3H,1-2H2. The Morgan fingerprint density at radius 1 is 1.56 bits per heavy atom. The highest BCUT2D eigenvalue weighted by atomic mass is 79.9. The minimum absolute atomic E-state index is 0.136. The quantitative estimate of drug-likeness (QED) is 0.648. The zero-order valence-electron chi connectivity index (χ0n) is 4.38. The molecular formula is C4H5BrClF3. The maximum absolute atomic E-state index is 12.2. The van der Waals surface area contributed by atoms with Gasteiger partial charge in [-0.1, -0.05) is 27.5 Å². The van der Waals surface area contributed by atoms with Gasteiger partial charge in [0.15, 0.2) is 0 Å². The van der Waals surface area contributed by atoms with Crippen LogP contribution in [-0.2, 0) is 0 Å². The van der Waals surface area contributed by atoms with Gasteiger partial charge in [0.05, 0.1) is 0 Å². The summed E-state index contributed by atoms with van der Waals surface area (Å²) in [6.07, 6.45) is -3.50. The Morgan fingerprint density at radius 3 is 2.11 bits per heavy atom. The van der Waals surface area contributed by atoms with Crippen LogP contribution < -0.4 is 0 Å². The van der Waals surface area contributed by atoms with Gasteiger partial charge >= 0.3 is 0 Å². The van der Waals surface area contributed by atoms with Crippen molar-refractivity contribution in [3.05, 3.63) is 0 Å². The van der Waals surface area contributed by atoms with Crippen molar-refractivity contribution < 1.29 is 13.2 Å². The van der Waals surface area contributed by atoms with Crippen LogP contribution in [0.1, 0.15) is 6.42 Å². The normalized spacial score (nSPS) is 18.0. The summed E-state index contributed by atoms with van der Waals surface area (Å²) in [6, 6.07) is 0. The van der Waals surface area contributed by atoms with Crippen molar-refractivity contribution in [2.75, 3.05) is 5.33 Å². The van der Waals surface area contributed by atoms with E-state index in [4.69, 9.17) is 11.6 Å². The summed E-state index contributed by atoms with van der Waals surface area (Å²) in [5, 5.41) is -2.72. The number of hydrogen-bond acceptors (Lipinski definition) is 0. The summed E-state index contributed by atoms with van der Waals surface area (Å²) >= 11 is 7.52. The van der Waals surface area contributed by atoms with E-state index in [1.54, 1.807) is 0 Å². The van der Waals surface area contributed by atoms with Crippen LogP contribution in [0.4, 0.5) is 13.2 Å². The van der Waals surface area contributed by atoms with E-state index in [1.807, 2.05) is 0 Å². The van der Waals surface area contributed by atoms with Crippen molar-refractivity contribution in [3.8, 4) is 0 Å². The van der Waals surface area contributed by atoms with E-state index in [0.29, 0.717) is 0 Å². The van der Waals surface area contributed by atoms with Gasteiger partial charge in [-0.15, -0.1) is 0 Å². The first-order chi connectivity index (χ1) is 4.00. The van der Waals surface area contributed by atoms with Crippen LogP contribution in [0.2, 0.25) is 0 Å². The third-order valence-electron chi connectivity index (χ3n) is 0.747. The summed E-state index contributed by atoms with van der Waals surface area (Å²) in [6.45, 7) is 0. The van der Waals surface area contributed by atoms with Crippen molar-refractivity contribution in [1.29, 1.82) is 0 Å². The van der Waals surface area contributed by atoms with Crippen molar-refractivity contribution in [1.82, 2.24) is 0 Å². The molecule has 0 aliphatic carbocycles. The molecule has 0 rings (SSSR count). The van der Waals surface area contributed by atoms with Crippen LogP contribution in [0.25, 0.3) is 0 Å². The molecule has 0 nitrogen and oxygen atoms in total. The molecule has 0 aromatic heterocycles. The van der Waals surface area contributed by atoms with Crippen LogP contribution in [0.5, 0.6) is 0 Å². The maximum atomic E-state index is 12.2. The van der Waals surface area contributed by atoms with Gasteiger partial charge in [0, 0.05) is 11.8 Å². The molecule has 1 unspecified atom stereocenters. The predicted octanol–water partition coefficient (Wildman–Crippen LogP) is 2.94. The average molecular weight is 225 g/mol. The number of hydrogen-bond donors (Lipinski definition) is 0. The molecule has 0 heterocycles. The molecule has 56 valence electrons. The number of rotatable bonds is 3. The second-order valence-corrected chi connectivity index (χ2v) is 2.92. The van der Waals surface area contributed by atoms with E-state index in [-0.39, 0.29) is 11.8 Å². The summed E-state index contributed by atoms with van der Waals surface area (Å²) in [5.74, 6) is 0. The Labute approximate surface area is 64.5 Å². The van der Waals surface area contributed by atoms with Gasteiger partial charge in [-0.2, -0.15) is 0 Å². The van der Waals surface area contributed by atoms with Crippen LogP contribution >= 0.6 is 27.5 Å². The van der Waals surface area contributed by atoms with E-state index in [1.165, 1.54) is 0 Å². The van der Waals surface area contributed by atoms with E-state index in [0.717, 1.165) is 0 Å². The van der Waals surface area contributed by atoms with Crippen LogP contribution in [0, 0.1) is 0 Å². The van der Waals surface area contributed by atoms with Gasteiger partial charge in [-0.3, -0.25) is 0 Å². The second kappa shape index (κ2) is 3.66. The molecule has 9 heavy (non-hydrogen) atoms. The fourth-order valence-corrected chi connectivity index (χ4v) is 1.13. The van der Waals surface area contributed by atoms with E-state index < -0.39 is 11.6 Å². The molecule has 0 N–H and O–H groups in total. The minimum Gasteiger partial charge on any atom is -0.220 e. The fraction of sp³-hybridized carbons (Fsp3) is 1.00. The first-order valence-corrected chi connectivity index (χ1v) is 3.72. The summed E-state index contributed by atoms with van der Waals surface area (Å²) < 4.78 is 35.1. The molecule has 0 saturated carbocycles. The third kappa shape index (κ3) is 3.30. The van der Waals surface area contributed by atoms with Crippen molar-refractivity contribution in [3.63, 3.8) is 0 Å². The smallest absolute Gasteiger partial charge is 0.220 e. The second-order valence-electron chi connectivity index (χ2n) is 1.50.